The number of anilines is 1. The predicted octanol–water partition coefficient (Wildman–Crippen LogP) is 1.61. The Hall–Kier alpha value is -2.72. The van der Waals surface area contributed by atoms with Crippen molar-refractivity contribution in [1.82, 2.24) is 28.6 Å². The van der Waals surface area contributed by atoms with Crippen LogP contribution in [-0.2, 0) is 16.6 Å². The molecule has 3 aromatic heterocycles. The smallest absolute Gasteiger partial charge is 0.246 e. The topological polar surface area (TPSA) is 89.2 Å². The second-order valence-electron chi connectivity index (χ2n) is 7.03. The maximum atomic E-state index is 13.2. The van der Waals surface area contributed by atoms with Crippen molar-refractivity contribution in [3.05, 3.63) is 48.3 Å². The molecule has 1 aliphatic heterocycles. The Kier molecular flexibility index (Phi) is 5.13. The van der Waals surface area contributed by atoms with Crippen molar-refractivity contribution in [1.29, 1.82) is 0 Å². The number of hydrogen-bond donors (Lipinski definition) is 0. The zero-order valence-corrected chi connectivity index (χ0v) is 17.7. The van der Waals surface area contributed by atoms with Crippen LogP contribution in [0.1, 0.15) is 18.3 Å². The van der Waals surface area contributed by atoms with Crippen LogP contribution in [0.5, 0.6) is 0 Å². The third-order valence-electron chi connectivity index (χ3n) is 5.28. The summed E-state index contributed by atoms with van der Waals surface area (Å²) in [6, 6.07) is 5.80. The molecular formula is C19H25N7O2S. The van der Waals surface area contributed by atoms with Gasteiger partial charge in [-0.1, -0.05) is 0 Å². The van der Waals surface area contributed by atoms with Gasteiger partial charge in [-0.05, 0) is 32.9 Å². The molecule has 1 saturated heterocycles. The summed E-state index contributed by atoms with van der Waals surface area (Å²) in [5, 5.41) is 4.37. The largest absolute Gasteiger partial charge is 0.354 e. The Morgan fingerprint density at radius 2 is 1.66 bits per heavy atom. The fourth-order valence-corrected chi connectivity index (χ4v) is 5.58. The molecule has 4 rings (SSSR count). The van der Waals surface area contributed by atoms with Gasteiger partial charge in [0.1, 0.15) is 22.9 Å². The molecule has 3 aromatic rings. The first-order valence-corrected chi connectivity index (χ1v) is 11.1. The minimum absolute atomic E-state index is 0.338. The number of sulfonamides is 1. The minimum atomic E-state index is -3.58. The highest BCUT2D eigenvalue weighted by Gasteiger charge is 2.33. The second-order valence-corrected chi connectivity index (χ2v) is 8.91. The lowest BCUT2D eigenvalue weighted by atomic mass is 10.3. The Balaban J connectivity index is 1.51. The summed E-state index contributed by atoms with van der Waals surface area (Å²) in [6.07, 6.45) is 5.40. The number of rotatable bonds is 5. The second kappa shape index (κ2) is 7.60. The molecule has 0 aliphatic carbocycles. The fourth-order valence-electron chi connectivity index (χ4n) is 3.79. The number of piperazine rings is 1. The van der Waals surface area contributed by atoms with Crippen LogP contribution in [0.2, 0.25) is 0 Å². The van der Waals surface area contributed by atoms with E-state index in [1.54, 1.807) is 22.2 Å². The van der Waals surface area contributed by atoms with Crippen LogP contribution < -0.4 is 4.90 Å². The molecule has 154 valence electrons. The van der Waals surface area contributed by atoms with Crippen molar-refractivity contribution in [2.75, 3.05) is 31.1 Å². The normalized spacial score (nSPS) is 15.8. The van der Waals surface area contributed by atoms with Gasteiger partial charge in [-0.3, -0.25) is 4.68 Å². The summed E-state index contributed by atoms with van der Waals surface area (Å²) in [5.74, 6) is 1.58. The fraction of sp³-hybridized carbons (Fsp3) is 0.421. The van der Waals surface area contributed by atoms with Gasteiger partial charge in [0.15, 0.2) is 0 Å². The highest BCUT2D eigenvalue weighted by Crippen LogP contribution is 2.25. The monoisotopic (exact) mass is 415 g/mol. The van der Waals surface area contributed by atoms with Crippen LogP contribution >= 0.6 is 0 Å². The molecule has 0 spiro atoms. The number of aryl methyl sites for hydroxylation is 2. The maximum Gasteiger partial charge on any atom is 0.246 e. The number of nitrogens with zero attached hydrogens (tertiary/aromatic N) is 7. The van der Waals surface area contributed by atoms with Crippen LogP contribution in [0.15, 0.2) is 41.8 Å². The van der Waals surface area contributed by atoms with Crippen molar-refractivity contribution in [3.63, 3.8) is 0 Å². The summed E-state index contributed by atoms with van der Waals surface area (Å²) in [4.78, 5) is 11.1. The van der Waals surface area contributed by atoms with E-state index >= 15 is 0 Å². The maximum absolute atomic E-state index is 13.2. The van der Waals surface area contributed by atoms with Crippen LogP contribution in [-0.4, -0.2) is 63.2 Å². The summed E-state index contributed by atoms with van der Waals surface area (Å²) in [5.41, 5.74) is 1.25. The van der Waals surface area contributed by atoms with Crippen molar-refractivity contribution in [2.45, 2.75) is 32.2 Å². The van der Waals surface area contributed by atoms with Gasteiger partial charge in [0.25, 0.3) is 0 Å². The molecule has 0 amide bonds. The quantitative estimate of drug-likeness (QED) is 0.629. The Labute approximate surface area is 170 Å². The standard InChI is InChI=1S/C19H25N7O2S/c1-4-26-16(3)19(15(2)22-26)29(27,28)25-11-9-24(10-12-25)18-13-17(20-14-21-18)23-7-5-6-8-23/h5-8,13-14H,4,9-12H2,1-3H3. The zero-order chi connectivity index (χ0) is 20.6. The van der Waals surface area contributed by atoms with E-state index in [0.717, 1.165) is 11.6 Å². The zero-order valence-electron chi connectivity index (χ0n) is 16.9. The van der Waals surface area contributed by atoms with Gasteiger partial charge in [-0.25, -0.2) is 18.4 Å². The van der Waals surface area contributed by atoms with E-state index in [1.165, 1.54) is 0 Å². The SMILES string of the molecule is CCn1nc(C)c(S(=O)(=O)N2CCN(c3cc(-n4cccc4)ncn3)CC2)c1C. The van der Waals surface area contributed by atoms with Gasteiger partial charge >= 0.3 is 0 Å². The Morgan fingerprint density at radius 3 is 2.28 bits per heavy atom. The van der Waals surface area contributed by atoms with Crippen molar-refractivity contribution in [3.8, 4) is 5.82 Å². The molecule has 29 heavy (non-hydrogen) atoms. The first-order chi connectivity index (χ1) is 13.9. The van der Waals surface area contributed by atoms with Gasteiger partial charge in [0.2, 0.25) is 10.0 Å². The van der Waals surface area contributed by atoms with E-state index < -0.39 is 10.0 Å². The molecule has 0 atom stereocenters. The van der Waals surface area contributed by atoms with Crippen LogP contribution in [0.25, 0.3) is 5.82 Å². The lowest BCUT2D eigenvalue weighted by Crippen LogP contribution is -2.49. The third-order valence-corrected chi connectivity index (χ3v) is 7.43. The van der Waals surface area contributed by atoms with E-state index in [0.29, 0.717) is 49.0 Å². The minimum Gasteiger partial charge on any atom is -0.354 e. The van der Waals surface area contributed by atoms with E-state index in [-0.39, 0.29) is 0 Å². The van der Waals surface area contributed by atoms with E-state index in [4.69, 9.17) is 0 Å². The molecule has 0 radical (unpaired) electrons. The van der Waals surface area contributed by atoms with E-state index in [2.05, 4.69) is 20.0 Å². The van der Waals surface area contributed by atoms with E-state index in [9.17, 15) is 8.42 Å². The number of hydrogen-bond acceptors (Lipinski definition) is 6. The molecule has 0 N–H and O–H groups in total. The van der Waals surface area contributed by atoms with Crippen molar-refractivity contribution >= 4 is 15.8 Å². The van der Waals surface area contributed by atoms with Crippen LogP contribution in [0, 0.1) is 13.8 Å². The van der Waals surface area contributed by atoms with Gasteiger partial charge in [-0.15, -0.1) is 0 Å². The van der Waals surface area contributed by atoms with Gasteiger partial charge in [-0.2, -0.15) is 9.40 Å². The Bertz CT molecular complexity index is 1100. The van der Waals surface area contributed by atoms with Gasteiger partial charge < -0.3 is 9.47 Å². The number of aromatic nitrogens is 5. The molecule has 0 unspecified atom stereocenters. The molecule has 0 aromatic carbocycles. The molecule has 10 heteroatoms. The molecule has 0 saturated carbocycles. The summed E-state index contributed by atoms with van der Waals surface area (Å²) in [6.45, 7) is 8.12. The average Bonchev–Trinajstić information content (AvgIpc) is 3.36. The molecule has 4 heterocycles. The van der Waals surface area contributed by atoms with Crippen LogP contribution in [0.3, 0.4) is 0 Å². The highest BCUT2D eigenvalue weighted by atomic mass is 32.2. The molecular weight excluding hydrogens is 390 g/mol. The molecule has 1 aliphatic rings. The Morgan fingerprint density at radius 1 is 1.00 bits per heavy atom. The lowest BCUT2D eigenvalue weighted by molar-refractivity contribution is 0.383. The summed E-state index contributed by atoms with van der Waals surface area (Å²) in [7, 11) is -3.58. The molecule has 9 nitrogen and oxygen atoms in total. The third kappa shape index (κ3) is 3.53. The molecule has 0 bridgehead atoms. The van der Waals surface area contributed by atoms with Gasteiger partial charge in [0, 0.05) is 51.2 Å². The summed E-state index contributed by atoms with van der Waals surface area (Å²) >= 11 is 0. The van der Waals surface area contributed by atoms with Gasteiger partial charge in [0.05, 0.1) is 11.4 Å². The highest BCUT2D eigenvalue weighted by molar-refractivity contribution is 7.89. The van der Waals surface area contributed by atoms with E-state index in [1.807, 2.05) is 49.0 Å². The summed E-state index contributed by atoms with van der Waals surface area (Å²) < 4.78 is 31.7. The lowest BCUT2D eigenvalue weighted by Gasteiger charge is -2.34. The van der Waals surface area contributed by atoms with Crippen LogP contribution in [0.4, 0.5) is 5.82 Å². The predicted molar refractivity (Wildman–Crippen MR) is 110 cm³/mol. The van der Waals surface area contributed by atoms with Crippen molar-refractivity contribution in [2.24, 2.45) is 0 Å². The first kappa shape index (κ1) is 19.6. The molecule has 1 fully saturated rings. The average molecular weight is 416 g/mol. The van der Waals surface area contributed by atoms with Crippen molar-refractivity contribution < 1.29 is 8.42 Å². The first-order valence-electron chi connectivity index (χ1n) is 9.66.